The van der Waals surface area contributed by atoms with Gasteiger partial charge in [-0.05, 0) is 31.0 Å². The van der Waals surface area contributed by atoms with Crippen LogP contribution in [0.1, 0.15) is 91.9 Å². The number of anilines is 1. The number of nitrogens with two attached hydrogens (primary N) is 1. The molecule has 0 bridgehead atoms. The fourth-order valence-electron chi connectivity index (χ4n) is 3.34. The van der Waals surface area contributed by atoms with Crippen molar-refractivity contribution >= 4 is 33.7 Å². The van der Waals surface area contributed by atoms with Crippen LogP contribution in [-0.2, 0) is 6.42 Å². The molecule has 0 aliphatic heterocycles. The van der Waals surface area contributed by atoms with Crippen LogP contribution in [0.15, 0.2) is 30.3 Å². The average Bonchev–Trinajstić information content (AvgIpc) is 3.03. The second-order valence-corrected chi connectivity index (χ2v) is 8.81. The number of rotatable bonds is 13. The standard InChI is InChI=1S/C23H32ClNOS/c1-2-3-4-5-6-7-8-9-10-11-14-18-17-20(23(25)27-18)22(26)19-15-12-13-16-21(19)24/h12-13,15-17H,2-11,14,25H2,1H3. The van der Waals surface area contributed by atoms with Crippen LogP contribution in [-0.4, -0.2) is 5.78 Å². The number of ketones is 1. The summed E-state index contributed by atoms with van der Waals surface area (Å²) < 4.78 is 0. The maximum absolute atomic E-state index is 12.7. The van der Waals surface area contributed by atoms with Crippen LogP contribution in [0, 0.1) is 0 Å². The van der Waals surface area contributed by atoms with Crippen LogP contribution in [0.5, 0.6) is 0 Å². The molecular formula is C23H32ClNOS. The molecule has 0 spiro atoms. The first-order valence-electron chi connectivity index (χ1n) is 10.3. The lowest BCUT2D eigenvalue weighted by Crippen LogP contribution is -2.03. The number of halogens is 1. The summed E-state index contributed by atoms with van der Waals surface area (Å²) in [6.45, 7) is 2.26. The predicted octanol–water partition coefficient (Wildman–Crippen LogP) is 7.68. The number of benzene rings is 1. The Morgan fingerprint density at radius 2 is 1.52 bits per heavy atom. The molecule has 0 aliphatic rings. The minimum absolute atomic E-state index is 0.0799. The molecule has 1 aromatic heterocycles. The Bertz CT molecular complexity index is 710. The molecule has 0 saturated carbocycles. The van der Waals surface area contributed by atoms with E-state index in [0.717, 1.165) is 12.8 Å². The van der Waals surface area contributed by atoms with Crippen LogP contribution < -0.4 is 5.73 Å². The molecule has 27 heavy (non-hydrogen) atoms. The summed E-state index contributed by atoms with van der Waals surface area (Å²) in [6, 6.07) is 9.10. The summed E-state index contributed by atoms with van der Waals surface area (Å²) in [6.07, 6.45) is 14.3. The molecule has 0 fully saturated rings. The van der Waals surface area contributed by atoms with Gasteiger partial charge in [0.15, 0.2) is 5.78 Å². The topological polar surface area (TPSA) is 43.1 Å². The molecule has 0 atom stereocenters. The lowest BCUT2D eigenvalue weighted by molar-refractivity contribution is 0.104. The van der Waals surface area contributed by atoms with Crippen molar-refractivity contribution in [2.24, 2.45) is 0 Å². The van der Waals surface area contributed by atoms with Crippen molar-refractivity contribution in [2.45, 2.75) is 77.6 Å². The van der Waals surface area contributed by atoms with Gasteiger partial charge in [-0.1, -0.05) is 88.4 Å². The Labute approximate surface area is 173 Å². The fraction of sp³-hybridized carbons (Fsp3) is 0.522. The van der Waals surface area contributed by atoms with Gasteiger partial charge in [-0.2, -0.15) is 0 Å². The summed E-state index contributed by atoms with van der Waals surface area (Å²) in [7, 11) is 0. The van der Waals surface area contributed by atoms with Crippen LogP contribution in [0.4, 0.5) is 5.00 Å². The molecule has 2 aromatic rings. The van der Waals surface area contributed by atoms with E-state index in [1.165, 1.54) is 74.0 Å². The molecule has 0 radical (unpaired) electrons. The van der Waals surface area contributed by atoms with E-state index in [1.807, 2.05) is 18.2 Å². The summed E-state index contributed by atoms with van der Waals surface area (Å²) in [5.74, 6) is -0.0799. The Balaban J connectivity index is 1.71. The van der Waals surface area contributed by atoms with E-state index in [4.69, 9.17) is 17.3 Å². The highest BCUT2D eigenvalue weighted by molar-refractivity contribution is 7.16. The lowest BCUT2D eigenvalue weighted by Gasteiger charge is -2.02. The van der Waals surface area contributed by atoms with Gasteiger partial charge in [0.2, 0.25) is 0 Å². The largest absolute Gasteiger partial charge is 0.390 e. The van der Waals surface area contributed by atoms with Crippen molar-refractivity contribution in [1.29, 1.82) is 0 Å². The first kappa shape index (κ1) is 22.0. The molecule has 1 aromatic carbocycles. The zero-order valence-corrected chi connectivity index (χ0v) is 18.0. The van der Waals surface area contributed by atoms with Gasteiger partial charge < -0.3 is 5.73 Å². The van der Waals surface area contributed by atoms with Gasteiger partial charge in [0.25, 0.3) is 0 Å². The molecule has 2 nitrogen and oxygen atoms in total. The van der Waals surface area contributed by atoms with Gasteiger partial charge >= 0.3 is 0 Å². The summed E-state index contributed by atoms with van der Waals surface area (Å²) in [5.41, 5.74) is 7.22. The van der Waals surface area contributed by atoms with Gasteiger partial charge in [0, 0.05) is 10.4 Å². The Morgan fingerprint density at radius 1 is 0.926 bits per heavy atom. The smallest absolute Gasteiger partial charge is 0.197 e. The molecule has 0 amide bonds. The van der Waals surface area contributed by atoms with E-state index in [-0.39, 0.29) is 5.78 Å². The molecule has 0 unspecified atom stereocenters. The van der Waals surface area contributed by atoms with Crippen molar-refractivity contribution in [2.75, 3.05) is 5.73 Å². The third-order valence-corrected chi connectivity index (χ3v) is 6.31. The quantitative estimate of drug-likeness (QED) is 0.274. The molecule has 1 heterocycles. The monoisotopic (exact) mass is 405 g/mol. The summed E-state index contributed by atoms with van der Waals surface area (Å²) in [4.78, 5) is 13.9. The molecule has 0 aliphatic carbocycles. The van der Waals surface area contributed by atoms with Crippen LogP contribution in [0.25, 0.3) is 0 Å². The third-order valence-electron chi connectivity index (χ3n) is 4.95. The highest BCUT2D eigenvalue weighted by Crippen LogP contribution is 2.30. The molecule has 4 heteroatoms. The maximum atomic E-state index is 12.7. The number of hydrogen-bond donors (Lipinski definition) is 1. The zero-order valence-electron chi connectivity index (χ0n) is 16.4. The van der Waals surface area contributed by atoms with E-state index < -0.39 is 0 Å². The fourth-order valence-corrected chi connectivity index (χ4v) is 4.52. The van der Waals surface area contributed by atoms with E-state index in [0.29, 0.717) is 21.2 Å². The first-order chi connectivity index (χ1) is 13.1. The second-order valence-electron chi connectivity index (χ2n) is 7.23. The van der Waals surface area contributed by atoms with Crippen molar-refractivity contribution in [3.63, 3.8) is 0 Å². The number of hydrogen-bond acceptors (Lipinski definition) is 3. The van der Waals surface area contributed by atoms with E-state index in [1.54, 1.807) is 12.1 Å². The number of unbranched alkanes of at least 4 members (excludes halogenated alkanes) is 9. The van der Waals surface area contributed by atoms with Gasteiger partial charge in [0.1, 0.15) is 0 Å². The van der Waals surface area contributed by atoms with Crippen molar-refractivity contribution in [3.8, 4) is 0 Å². The van der Waals surface area contributed by atoms with Crippen molar-refractivity contribution < 1.29 is 4.79 Å². The highest BCUT2D eigenvalue weighted by Gasteiger charge is 2.18. The van der Waals surface area contributed by atoms with E-state index in [9.17, 15) is 4.79 Å². The van der Waals surface area contributed by atoms with E-state index in [2.05, 4.69) is 6.92 Å². The SMILES string of the molecule is CCCCCCCCCCCCc1cc(C(=O)c2ccccc2Cl)c(N)s1. The molecule has 2 N–H and O–H groups in total. The van der Waals surface area contributed by atoms with Crippen molar-refractivity contribution in [3.05, 3.63) is 51.4 Å². The van der Waals surface area contributed by atoms with Crippen LogP contribution in [0.2, 0.25) is 5.02 Å². The summed E-state index contributed by atoms with van der Waals surface area (Å²) >= 11 is 7.69. The minimum Gasteiger partial charge on any atom is -0.390 e. The molecular weight excluding hydrogens is 374 g/mol. The van der Waals surface area contributed by atoms with Gasteiger partial charge in [0.05, 0.1) is 15.6 Å². The minimum atomic E-state index is -0.0799. The van der Waals surface area contributed by atoms with Crippen molar-refractivity contribution in [1.82, 2.24) is 0 Å². The van der Waals surface area contributed by atoms with E-state index >= 15 is 0 Å². The number of thiophene rings is 1. The third kappa shape index (κ3) is 7.31. The predicted molar refractivity (Wildman–Crippen MR) is 119 cm³/mol. The van der Waals surface area contributed by atoms with Gasteiger partial charge in [-0.3, -0.25) is 4.79 Å². The molecule has 148 valence electrons. The first-order valence-corrected chi connectivity index (χ1v) is 11.5. The van der Waals surface area contributed by atoms with Gasteiger partial charge in [-0.15, -0.1) is 11.3 Å². The Morgan fingerprint density at radius 3 is 2.15 bits per heavy atom. The Hall–Kier alpha value is -1.32. The summed E-state index contributed by atoms with van der Waals surface area (Å²) in [5, 5.41) is 1.08. The maximum Gasteiger partial charge on any atom is 0.197 e. The highest BCUT2D eigenvalue weighted by atomic mass is 35.5. The number of nitrogen functional groups attached to an aromatic ring is 1. The normalized spacial score (nSPS) is 11.0. The van der Waals surface area contributed by atoms with Crippen LogP contribution in [0.3, 0.4) is 0 Å². The van der Waals surface area contributed by atoms with Crippen LogP contribution >= 0.6 is 22.9 Å². The number of carbonyl (C=O) groups is 1. The van der Waals surface area contributed by atoms with Gasteiger partial charge in [-0.25, -0.2) is 0 Å². The second kappa shape index (κ2) is 12.2. The molecule has 2 rings (SSSR count). The Kier molecular flexibility index (Phi) is 9.93. The number of aryl methyl sites for hydroxylation is 1. The zero-order chi connectivity index (χ0) is 19.5. The average molecular weight is 406 g/mol. The number of carbonyl (C=O) groups excluding carboxylic acids is 1. The molecule has 0 saturated heterocycles. The lowest BCUT2D eigenvalue weighted by atomic mass is 10.0.